The third-order valence-corrected chi connectivity index (χ3v) is 4.43. The van der Waals surface area contributed by atoms with Gasteiger partial charge in [0, 0.05) is 19.2 Å². The third kappa shape index (κ3) is 6.80. The van der Waals surface area contributed by atoms with E-state index >= 15 is 0 Å². The van der Waals surface area contributed by atoms with E-state index in [-0.39, 0.29) is 28.3 Å². The van der Waals surface area contributed by atoms with Crippen LogP contribution in [0.5, 0.6) is 5.75 Å². The monoisotopic (exact) mass is 421 g/mol. The predicted octanol–water partition coefficient (Wildman–Crippen LogP) is 0.858. The number of hydrogen-bond acceptors (Lipinski definition) is 8. The van der Waals surface area contributed by atoms with Gasteiger partial charge in [-0.05, 0) is 31.2 Å². The van der Waals surface area contributed by atoms with E-state index in [0.717, 1.165) is 11.8 Å². The van der Waals surface area contributed by atoms with Crippen molar-refractivity contribution in [2.24, 2.45) is 0 Å². The van der Waals surface area contributed by atoms with Crippen LogP contribution in [0.1, 0.15) is 17.3 Å². The molecule has 0 atom stereocenters. The number of amides is 2. The molecule has 1 aromatic carbocycles. The highest BCUT2D eigenvalue weighted by atomic mass is 32.2. The fourth-order valence-corrected chi connectivity index (χ4v) is 2.89. The quantitative estimate of drug-likeness (QED) is 0.251. The summed E-state index contributed by atoms with van der Waals surface area (Å²) in [6.07, 6.45) is 0. The lowest BCUT2D eigenvalue weighted by Crippen LogP contribution is -2.28. The number of benzene rings is 1. The Bertz CT molecular complexity index is 901. The van der Waals surface area contributed by atoms with Crippen LogP contribution < -0.4 is 26.7 Å². The standard InChI is InChI=1S/C18H23N5O5S/c1-3-28-12-6-4-11(5-7-12)16(25)21-14-15(19)22-18(23-17(14)26)29-10-13(24)20-8-9-27-2/h4-7H,3,8-10H2,1-2H3,(H,20,24)(H,21,25)(H3,19,22,23,26). The van der Waals surface area contributed by atoms with Crippen LogP contribution in [0.15, 0.2) is 34.2 Å². The minimum absolute atomic E-state index is 0.0456. The number of ether oxygens (including phenoxy) is 2. The first-order chi connectivity index (χ1) is 13.9. The number of aromatic nitrogens is 2. The predicted molar refractivity (Wildman–Crippen MR) is 110 cm³/mol. The Morgan fingerprint density at radius 2 is 2.00 bits per heavy atom. The zero-order chi connectivity index (χ0) is 21.2. The van der Waals surface area contributed by atoms with E-state index in [9.17, 15) is 14.4 Å². The summed E-state index contributed by atoms with van der Waals surface area (Å²) in [5, 5.41) is 5.28. The van der Waals surface area contributed by atoms with E-state index in [1.165, 1.54) is 7.11 Å². The van der Waals surface area contributed by atoms with Crippen LogP contribution in [0.3, 0.4) is 0 Å². The van der Waals surface area contributed by atoms with Crippen molar-refractivity contribution in [1.29, 1.82) is 0 Å². The average molecular weight is 421 g/mol. The summed E-state index contributed by atoms with van der Waals surface area (Å²) in [5.74, 6) is -0.207. The van der Waals surface area contributed by atoms with Crippen molar-refractivity contribution in [3.63, 3.8) is 0 Å². The van der Waals surface area contributed by atoms with Crippen LogP contribution in [0.2, 0.25) is 0 Å². The number of nitrogen functional groups attached to an aromatic ring is 1. The number of carbonyl (C=O) groups excluding carboxylic acids is 2. The normalized spacial score (nSPS) is 10.4. The first kappa shape index (κ1) is 22.2. The summed E-state index contributed by atoms with van der Waals surface area (Å²) in [4.78, 5) is 42.9. The van der Waals surface area contributed by atoms with Crippen LogP contribution in [-0.2, 0) is 9.53 Å². The molecular weight excluding hydrogens is 398 g/mol. The summed E-state index contributed by atoms with van der Waals surface area (Å²) in [7, 11) is 1.54. The second-order valence-corrected chi connectivity index (χ2v) is 6.64. The Balaban J connectivity index is 2.00. The van der Waals surface area contributed by atoms with Gasteiger partial charge in [0.1, 0.15) is 11.4 Å². The smallest absolute Gasteiger partial charge is 0.277 e. The highest BCUT2D eigenvalue weighted by molar-refractivity contribution is 7.99. The molecule has 0 saturated heterocycles. The molecule has 29 heavy (non-hydrogen) atoms. The summed E-state index contributed by atoms with van der Waals surface area (Å²) in [5.41, 5.74) is 5.39. The zero-order valence-corrected chi connectivity index (χ0v) is 16.9. The van der Waals surface area contributed by atoms with E-state index in [4.69, 9.17) is 15.2 Å². The Hall–Kier alpha value is -3.05. The van der Waals surface area contributed by atoms with Crippen LogP contribution in [0, 0.1) is 0 Å². The number of nitrogens with two attached hydrogens (primary N) is 1. The van der Waals surface area contributed by atoms with Crippen LogP contribution in [0.4, 0.5) is 11.5 Å². The number of nitrogens with one attached hydrogen (secondary N) is 3. The lowest BCUT2D eigenvalue weighted by molar-refractivity contribution is -0.118. The molecule has 0 spiro atoms. The van der Waals surface area contributed by atoms with E-state index in [0.29, 0.717) is 31.1 Å². The van der Waals surface area contributed by atoms with Gasteiger partial charge in [0.05, 0.1) is 19.0 Å². The number of aromatic amines is 1. The maximum absolute atomic E-state index is 12.4. The number of H-pyrrole nitrogens is 1. The van der Waals surface area contributed by atoms with Crippen molar-refractivity contribution in [3.05, 3.63) is 40.2 Å². The molecule has 1 aromatic heterocycles. The summed E-state index contributed by atoms with van der Waals surface area (Å²) >= 11 is 1.02. The SMILES string of the molecule is CCOc1ccc(C(=O)Nc2c(N)nc(SCC(=O)NCCOC)[nH]c2=O)cc1. The van der Waals surface area contributed by atoms with Crippen LogP contribution in [-0.4, -0.2) is 54.4 Å². The van der Waals surface area contributed by atoms with Crippen molar-refractivity contribution >= 4 is 35.1 Å². The molecule has 11 heteroatoms. The van der Waals surface area contributed by atoms with E-state index in [1.807, 2.05) is 6.92 Å². The summed E-state index contributed by atoms with van der Waals surface area (Å²) < 4.78 is 10.2. The average Bonchev–Trinajstić information content (AvgIpc) is 2.70. The molecule has 0 aliphatic heterocycles. The molecule has 0 unspecified atom stereocenters. The van der Waals surface area contributed by atoms with E-state index < -0.39 is 11.5 Å². The molecule has 0 fully saturated rings. The van der Waals surface area contributed by atoms with Crippen molar-refractivity contribution in [3.8, 4) is 5.75 Å². The Morgan fingerprint density at radius 1 is 1.28 bits per heavy atom. The van der Waals surface area contributed by atoms with Crippen molar-refractivity contribution in [1.82, 2.24) is 15.3 Å². The molecular formula is C18H23N5O5S. The fourth-order valence-electron chi connectivity index (χ4n) is 2.19. The maximum Gasteiger partial charge on any atom is 0.277 e. The number of rotatable bonds is 10. The van der Waals surface area contributed by atoms with Gasteiger partial charge in [-0.15, -0.1) is 0 Å². The van der Waals surface area contributed by atoms with Crippen molar-refractivity contribution in [2.45, 2.75) is 12.1 Å². The largest absolute Gasteiger partial charge is 0.494 e. The molecule has 1 heterocycles. The Morgan fingerprint density at radius 3 is 2.62 bits per heavy atom. The molecule has 5 N–H and O–H groups in total. The Labute approximate surface area is 171 Å². The molecule has 2 amide bonds. The number of nitrogens with zero attached hydrogens (tertiary/aromatic N) is 1. The molecule has 0 aliphatic rings. The van der Waals surface area contributed by atoms with Gasteiger partial charge in [0.2, 0.25) is 5.91 Å². The molecule has 0 saturated carbocycles. The van der Waals surface area contributed by atoms with Gasteiger partial charge in [-0.25, -0.2) is 4.98 Å². The summed E-state index contributed by atoms with van der Waals surface area (Å²) in [6, 6.07) is 6.46. The van der Waals surface area contributed by atoms with Crippen molar-refractivity contribution in [2.75, 3.05) is 43.7 Å². The molecule has 0 radical (unpaired) electrons. The van der Waals surface area contributed by atoms with Gasteiger partial charge in [-0.2, -0.15) is 0 Å². The first-order valence-corrected chi connectivity index (χ1v) is 9.75. The van der Waals surface area contributed by atoms with Gasteiger partial charge in [0.15, 0.2) is 11.0 Å². The van der Waals surface area contributed by atoms with Gasteiger partial charge in [0.25, 0.3) is 11.5 Å². The number of carbonyl (C=O) groups is 2. The molecule has 2 rings (SSSR count). The topological polar surface area (TPSA) is 148 Å². The highest BCUT2D eigenvalue weighted by Gasteiger charge is 2.15. The van der Waals surface area contributed by atoms with Gasteiger partial charge >= 0.3 is 0 Å². The minimum atomic E-state index is -0.612. The Kier molecular flexibility index (Phi) is 8.49. The van der Waals surface area contributed by atoms with Crippen molar-refractivity contribution < 1.29 is 19.1 Å². The number of hydrogen-bond donors (Lipinski definition) is 4. The number of methoxy groups -OCH3 is 1. The molecule has 0 bridgehead atoms. The highest BCUT2D eigenvalue weighted by Crippen LogP contribution is 2.18. The summed E-state index contributed by atoms with van der Waals surface area (Å²) in [6.45, 7) is 3.17. The molecule has 156 valence electrons. The molecule has 10 nitrogen and oxygen atoms in total. The lowest BCUT2D eigenvalue weighted by atomic mass is 10.2. The fraction of sp³-hybridized carbons (Fsp3) is 0.333. The number of anilines is 2. The lowest BCUT2D eigenvalue weighted by Gasteiger charge is -2.09. The van der Waals surface area contributed by atoms with Gasteiger partial charge in [-0.3, -0.25) is 19.4 Å². The second kappa shape index (κ2) is 11.1. The second-order valence-electron chi connectivity index (χ2n) is 5.67. The molecule has 2 aromatic rings. The minimum Gasteiger partial charge on any atom is -0.494 e. The van der Waals surface area contributed by atoms with E-state index in [2.05, 4.69) is 20.6 Å². The number of thioether (sulfide) groups is 1. The zero-order valence-electron chi connectivity index (χ0n) is 16.1. The van der Waals surface area contributed by atoms with Crippen LogP contribution >= 0.6 is 11.8 Å². The maximum atomic E-state index is 12.4. The van der Waals surface area contributed by atoms with Crippen LogP contribution in [0.25, 0.3) is 0 Å². The van der Waals surface area contributed by atoms with E-state index in [1.54, 1.807) is 24.3 Å². The molecule has 0 aliphatic carbocycles. The third-order valence-electron chi connectivity index (χ3n) is 3.56. The van der Waals surface area contributed by atoms with Gasteiger partial charge < -0.3 is 25.8 Å². The first-order valence-electron chi connectivity index (χ1n) is 8.77. The van der Waals surface area contributed by atoms with Gasteiger partial charge in [-0.1, -0.05) is 11.8 Å².